The van der Waals surface area contributed by atoms with E-state index in [9.17, 15) is 0 Å². The molecule has 5 N–H and O–H groups in total. The largest absolute Gasteiger partial charge is 0.394 e. The number of aliphatic hydroxyl groups is 2. The zero-order chi connectivity index (χ0) is 10.8. The van der Waals surface area contributed by atoms with Crippen LogP contribution in [0.2, 0.25) is 0 Å². The molecule has 0 bridgehead atoms. The summed E-state index contributed by atoms with van der Waals surface area (Å²) in [4.78, 5) is 0. The van der Waals surface area contributed by atoms with Crippen molar-refractivity contribution in [2.45, 2.75) is 12.5 Å². The molecule has 1 rings (SSSR count). The van der Waals surface area contributed by atoms with Gasteiger partial charge in [0.2, 0.25) is 0 Å². The Hall–Kier alpha value is -1.27. The molecule has 80 valence electrons. The second-order valence-corrected chi connectivity index (χ2v) is 3.61. The van der Waals surface area contributed by atoms with Gasteiger partial charge < -0.3 is 21.3 Å². The number of nitrogens with two attached hydrogens (primary N) is 1. The lowest BCUT2D eigenvalue weighted by molar-refractivity contribution is 0.147. The Labute approximate surface area is 82.3 Å². The number of aromatic nitrogens is 2. The number of hydrogen-bond acceptors (Lipinski definition) is 5. The molecule has 0 saturated carbocycles. The molecule has 6 nitrogen and oxygen atoms in total. The van der Waals surface area contributed by atoms with E-state index >= 15 is 0 Å². The maximum atomic E-state index is 9.05. The predicted octanol–water partition coefficient (Wildman–Crippen LogP) is -0.842. The smallest absolute Gasteiger partial charge is 0.171 e. The minimum Gasteiger partial charge on any atom is -0.394 e. The van der Waals surface area contributed by atoms with E-state index in [2.05, 4.69) is 10.4 Å². The molecule has 0 aliphatic carbocycles. The number of aryl methyl sites for hydroxylation is 1. The summed E-state index contributed by atoms with van der Waals surface area (Å²) in [5.41, 5.74) is 5.33. The molecule has 1 heterocycles. The van der Waals surface area contributed by atoms with Crippen LogP contribution in [-0.2, 0) is 7.05 Å². The summed E-state index contributed by atoms with van der Waals surface area (Å²) in [5, 5.41) is 25.0. The summed E-state index contributed by atoms with van der Waals surface area (Å²) in [6.45, 7) is 1.29. The average Bonchev–Trinajstić information content (AvgIpc) is 2.45. The summed E-state index contributed by atoms with van der Waals surface area (Å²) < 4.78 is 1.56. The summed E-state index contributed by atoms with van der Waals surface area (Å²) in [5.74, 6) is 0.470. The van der Waals surface area contributed by atoms with E-state index in [0.717, 1.165) is 0 Å². The molecular weight excluding hydrogens is 184 g/mol. The fourth-order valence-electron chi connectivity index (χ4n) is 1.02. The summed E-state index contributed by atoms with van der Waals surface area (Å²) in [7, 11) is 1.75. The van der Waals surface area contributed by atoms with Crippen LogP contribution >= 0.6 is 0 Å². The third-order valence-corrected chi connectivity index (χ3v) is 1.98. The van der Waals surface area contributed by atoms with Crippen molar-refractivity contribution in [3.8, 4) is 0 Å². The van der Waals surface area contributed by atoms with Crippen molar-refractivity contribution < 1.29 is 10.2 Å². The van der Waals surface area contributed by atoms with Crippen LogP contribution in [0.15, 0.2) is 6.20 Å². The minimum atomic E-state index is -0.803. The molecule has 1 aromatic rings. The van der Waals surface area contributed by atoms with Crippen LogP contribution in [0.3, 0.4) is 0 Å². The van der Waals surface area contributed by atoms with Gasteiger partial charge in [-0.05, 0) is 6.92 Å². The molecule has 6 heteroatoms. The molecular formula is C8H16N4O2. The number of hydrogen-bond donors (Lipinski definition) is 4. The first-order chi connectivity index (χ1) is 6.50. The monoisotopic (exact) mass is 200 g/mol. The second kappa shape index (κ2) is 3.85. The molecule has 0 aromatic carbocycles. The fraction of sp³-hybridized carbons (Fsp3) is 0.625. The van der Waals surface area contributed by atoms with Crippen LogP contribution in [0.1, 0.15) is 6.92 Å². The fourth-order valence-corrected chi connectivity index (χ4v) is 1.02. The first-order valence-corrected chi connectivity index (χ1v) is 4.30. The van der Waals surface area contributed by atoms with Crippen LogP contribution < -0.4 is 11.1 Å². The van der Waals surface area contributed by atoms with Crippen LogP contribution in [0.4, 0.5) is 11.5 Å². The van der Waals surface area contributed by atoms with Gasteiger partial charge in [0.05, 0.1) is 24.4 Å². The zero-order valence-electron chi connectivity index (χ0n) is 8.36. The Morgan fingerprint density at radius 3 is 2.50 bits per heavy atom. The van der Waals surface area contributed by atoms with E-state index in [-0.39, 0.29) is 13.2 Å². The van der Waals surface area contributed by atoms with Crippen LogP contribution in [-0.4, -0.2) is 38.7 Å². The highest BCUT2D eigenvalue weighted by Gasteiger charge is 2.23. The Morgan fingerprint density at radius 1 is 1.57 bits per heavy atom. The lowest BCUT2D eigenvalue weighted by atomic mass is 10.1. The van der Waals surface area contributed by atoms with Crippen molar-refractivity contribution in [1.82, 2.24) is 9.78 Å². The molecule has 0 aliphatic heterocycles. The van der Waals surface area contributed by atoms with Crippen LogP contribution in [0, 0.1) is 0 Å². The van der Waals surface area contributed by atoms with Gasteiger partial charge in [-0.15, -0.1) is 0 Å². The molecule has 0 fully saturated rings. The van der Waals surface area contributed by atoms with E-state index in [1.54, 1.807) is 24.9 Å². The van der Waals surface area contributed by atoms with Crippen molar-refractivity contribution in [1.29, 1.82) is 0 Å². The normalized spacial score (nSPS) is 11.7. The number of rotatable bonds is 4. The number of anilines is 2. The van der Waals surface area contributed by atoms with E-state index < -0.39 is 5.54 Å². The van der Waals surface area contributed by atoms with Crippen LogP contribution in [0.25, 0.3) is 0 Å². The quantitative estimate of drug-likeness (QED) is 0.508. The maximum absolute atomic E-state index is 9.05. The van der Waals surface area contributed by atoms with Gasteiger partial charge in [0.25, 0.3) is 0 Å². The Bertz CT molecular complexity index is 306. The summed E-state index contributed by atoms with van der Waals surface area (Å²) in [6.07, 6.45) is 1.65. The standard InChI is InChI=1S/C8H16N4O2/c1-8(4-13,5-14)10-7-6(9)3-12(2)11-7/h3,13-14H,4-5,9H2,1-2H3,(H,10,11). The molecule has 0 amide bonds. The Morgan fingerprint density at radius 2 is 2.14 bits per heavy atom. The SMILES string of the molecule is Cn1cc(N)c(NC(C)(CO)CO)n1. The van der Waals surface area contributed by atoms with Crippen molar-refractivity contribution in [3.05, 3.63) is 6.20 Å². The first-order valence-electron chi connectivity index (χ1n) is 4.30. The number of nitrogens with zero attached hydrogens (tertiary/aromatic N) is 2. The van der Waals surface area contributed by atoms with Gasteiger partial charge in [0.15, 0.2) is 5.82 Å². The van der Waals surface area contributed by atoms with Crippen molar-refractivity contribution in [2.75, 3.05) is 24.3 Å². The third kappa shape index (κ3) is 2.15. The Balaban J connectivity index is 2.81. The second-order valence-electron chi connectivity index (χ2n) is 3.61. The van der Waals surface area contributed by atoms with E-state index in [4.69, 9.17) is 15.9 Å². The number of nitrogens with one attached hydrogen (secondary N) is 1. The van der Waals surface area contributed by atoms with Gasteiger partial charge in [-0.25, -0.2) is 0 Å². The number of aliphatic hydroxyl groups excluding tert-OH is 2. The average molecular weight is 200 g/mol. The topological polar surface area (TPSA) is 96.3 Å². The molecule has 0 unspecified atom stereocenters. The van der Waals surface area contributed by atoms with E-state index in [1.165, 1.54) is 0 Å². The van der Waals surface area contributed by atoms with Crippen LogP contribution in [0.5, 0.6) is 0 Å². The molecule has 0 saturated heterocycles. The maximum Gasteiger partial charge on any atom is 0.171 e. The molecule has 1 aromatic heterocycles. The third-order valence-electron chi connectivity index (χ3n) is 1.98. The lowest BCUT2D eigenvalue weighted by Crippen LogP contribution is -2.42. The summed E-state index contributed by atoms with van der Waals surface area (Å²) in [6, 6.07) is 0. The van der Waals surface area contributed by atoms with Crippen molar-refractivity contribution >= 4 is 11.5 Å². The minimum absolute atomic E-state index is 0.195. The van der Waals surface area contributed by atoms with Gasteiger partial charge in [0.1, 0.15) is 0 Å². The van der Waals surface area contributed by atoms with Gasteiger partial charge in [-0.2, -0.15) is 5.10 Å². The van der Waals surface area contributed by atoms with Gasteiger partial charge in [0, 0.05) is 13.2 Å². The van der Waals surface area contributed by atoms with E-state index in [1.807, 2.05) is 0 Å². The van der Waals surface area contributed by atoms with Gasteiger partial charge in [-0.3, -0.25) is 4.68 Å². The highest BCUT2D eigenvalue weighted by atomic mass is 16.3. The zero-order valence-corrected chi connectivity index (χ0v) is 8.36. The number of nitrogen functional groups attached to an aromatic ring is 1. The highest BCUT2D eigenvalue weighted by molar-refractivity contribution is 5.61. The Kier molecular flexibility index (Phi) is 2.97. The van der Waals surface area contributed by atoms with Crippen molar-refractivity contribution in [2.24, 2.45) is 7.05 Å². The van der Waals surface area contributed by atoms with E-state index in [0.29, 0.717) is 11.5 Å². The molecule has 0 atom stereocenters. The first kappa shape index (κ1) is 10.8. The van der Waals surface area contributed by atoms with Gasteiger partial charge >= 0.3 is 0 Å². The predicted molar refractivity (Wildman–Crippen MR) is 53.8 cm³/mol. The highest BCUT2D eigenvalue weighted by Crippen LogP contribution is 2.19. The lowest BCUT2D eigenvalue weighted by Gasteiger charge is -2.26. The van der Waals surface area contributed by atoms with Gasteiger partial charge in [-0.1, -0.05) is 0 Å². The molecule has 0 radical (unpaired) electrons. The summed E-state index contributed by atoms with van der Waals surface area (Å²) >= 11 is 0. The molecule has 0 aliphatic rings. The molecule has 14 heavy (non-hydrogen) atoms. The van der Waals surface area contributed by atoms with Crippen molar-refractivity contribution in [3.63, 3.8) is 0 Å². The molecule has 0 spiro atoms.